The van der Waals surface area contributed by atoms with Crippen molar-refractivity contribution in [2.24, 2.45) is 0 Å². The lowest BCUT2D eigenvalue weighted by Gasteiger charge is -2.14. The quantitative estimate of drug-likeness (QED) is 0.588. The molecule has 0 spiro atoms. The van der Waals surface area contributed by atoms with Gasteiger partial charge >= 0.3 is 6.18 Å². The molecular formula is C20H19F3N4O. The number of carbonyl (C=O) groups is 1. The highest BCUT2D eigenvalue weighted by atomic mass is 19.4. The van der Waals surface area contributed by atoms with Gasteiger partial charge in [-0.2, -0.15) is 18.3 Å². The number of benzene rings is 2. The minimum Gasteiger partial charge on any atom is -0.355 e. The van der Waals surface area contributed by atoms with Crippen LogP contribution in [0.3, 0.4) is 0 Å². The maximum absolute atomic E-state index is 12.9. The third kappa shape index (κ3) is 5.12. The normalized spacial score (nSPS) is 11.2. The first-order chi connectivity index (χ1) is 13.4. The summed E-state index contributed by atoms with van der Waals surface area (Å²) in [6.45, 7) is 1.13. The summed E-state index contributed by atoms with van der Waals surface area (Å²) < 4.78 is 40.4. The first-order valence-corrected chi connectivity index (χ1v) is 8.72. The lowest BCUT2D eigenvalue weighted by atomic mass is 10.1. The zero-order valence-corrected chi connectivity index (χ0v) is 14.9. The molecule has 0 saturated carbocycles. The highest BCUT2D eigenvalue weighted by Gasteiger charge is 2.30. The van der Waals surface area contributed by atoms with Gasteiger partial charge in [0, 0.05) is 31.2 Å². The zero-order valence-electron chi connectivity index (χ0n) is 14.9. The molecule has 146 valence electrons. The van der Waals surface area contributed by atoms with Crippen molar-refractivity contribution in [3.63, 3.8) is 0 Å². The molecule has 3 aromatic rings. The third-order valence-electron chi connectivity index (χ3n) is 4.05. The van der Waals surface area contributed by atoms with Crippen LogP contribution in [0.2, 0.25) is 0 Å². The Labute approximate surface area is 160 Å². The number of hydrogen-bond acceptors (Lipinski definition) is 3. The van der Waals surface area contributed by atoms with Gasteiger partial charge in [0.15, 0.2) is 0 Å². The van der Waals surface area contributed by atoms with E-state index in [0.717, 1.165) is 12.1 Å². The van der Waals surface area contributed by atoms with Gasteiger partial charge < -0.3 is 10.6 Å². The summed E-state index contributed by atoms with van der Waals surface area (Å²) in [6.07, 6.45) is -0.190. The number of aromatic nitrogens is 2. The zero-order chi connectivity index (χ0) is 20.0. The molecule has 5 nitrogen and oxygen atoms in total. The predicted molar refractivity (Wildman–Crippen MR) is 100 cm³/mol. The number of para-hydroxylation sites is 1. The Kier molecular flexibility index (Phi) is 5.98. The number of amides is 1. The van der Waals surface area contributed by atoms with Crippen LogP contribution in [0.5, 0.6) is 0 Å². The fraction of sp³-hybridized carbons (Fsp3) is 0.200. The Morgan fingerprint density at radius 1 is 1.07 bits per heavy atom. The fourth-order valence-corrected chi connectivity index (χ4v) is 2.69. The van der Waals surface area contributed by atoms with E-state index in [9.17, 15) is 18.0 Å². The van der Waals surface area contributed by atoms with Crippen LogP contribution in [0.15, 0.2) is 67.0 Å². The van der Waals surface area contributed by atoms with Crippen LogP contribution in [0.4, 0.5) is 24.5 Å². The van der Waals surface area contributed by atoms with E-state index in [1.807, 2.05) is 12.3 Å². The van der Waals surface area contributed by atoms with Crippen molar-refractivity contribution in [1.29, 1.82) is 0 Å². The Morgan fingerprint density at radius 2 is 1.89 bits per heavy atom. The monoisotopic (exact) mass is 388 g/mol. The van der Waals surface area contributed by atoms with Crippen LogP contribution in [-0.2, 0) is 12.7 Å². The number of aryl methyl sites for hydroxylation is 1. The van der Waals surface area contributed by atoms with Crippen molar-refractivity contribution < 1.29 is 18.0 Å². The second-order valence-electron chi connectivity index (χ2n) is 6.13. The fourth-order valence-electron chi connectivity index (χ4n) is 2.69. The highest BCUT2D eigenvalue weighted by molar-refractivity contribution is 6.00. The molecule has 1 amide bonds. The van der Waals surface area contributed by atoms with Crippen molar-refractivity contribution in [3.8, 4) is 0 Å². The molecular weight excluding hydrogens is 369 g/mol. The van der Waals surface area contributed by atoms with Crippen LogP contribution < -0.4 is 10.6 Å². The summed E-state index contributed by atoms with van der Waals surface area (Å²) in [6, 6.07) is 13.4. The van der Waals surface area contributed by atoms with E-state index >= 15 is 0 Å². The number of anilines is 2. The van der Waals surface area contributed by atoms with E-state index in [4.69, 9.17) is 0 Å². The summed E-state index contributed by atoms with van der Waals surface area (Å²) in [4.78, 5) is 12.5. The smallest absolute Gasteiger partial charge is 0.355 e. The molecule has 3 rings (SSSR count). The van der Waals surface area contributed by atoms with E-state index in [1.54, 1.807) is 35.1 Å². The van der Waals surface area contributed by atoms with Crippen LogP contribution in [0, 0.1) is 0 Å². The average Bonchev–Trinajstić information content (AvgIpc) is 3.18. The van der Waals surface area contributed by atoms with Crippen molar-refractivity contribution in [2.45, 2.75) is 19.1 Å². The first-order valence-electron chi connectivity index (χ1n) is 8.72. The van der Waals surface area contributed by atoms with Gasteiger partial charge in [0.25, 0.3) is 5.91 Å². The summed E-state index contributed by atoms with van der Waals surface area (Å²) >= 11 is 0. The van der Waals surface area contributed by atoms with E-state index < -0.39 is 11.7 Å². The van der Waals surface area contributed by atoms with Crippen LogP contribution in [0.1, 0.15) is 22.3 Å². The van der Waals surface area contributed by atoms with Gasteiger partial charge in [-0.25, -0.2) is 0 Å². The number of nitrogens with zero attached hydrogens (tertiary/aromatic N) is 2. The highest BCUT2D eigenvalue weighted by Crippen LogP contribution is 2.31. The van der Waals surface area contributed by atoms with Crippen LogP contribution >= 0.6 is 0 Å². The average molecular weight is 388 g/mol. The second kappa shape index (κ2) is 8.60. The molecule has 0 fully saturated rings. The maximum atomic E-state index is 12.9. The molecule has 0 aliphatic heterocycles. The topological polar surface area (TPSA) is 59.0 Å². The van der Waals surface area contributed by atoms with E-state index in [2.05, 4.69) is 15.7 Å². The molecule has 2 aromatic carbocycles. The van der Waals surface area contributed by atoms with Gasteiger partial charge in [0.1, 0.15) is 0 Å². The first kappa shape index (κ1) is 19.5. The van der Waals surface area contributed by atoms with Crippen LogP contribution in [-0.4, -0.2) is 22.2 Å². The summed E-state index contributed by atoms with van der Waals surface area (Å²) in [5.41, 5.74) is 0.303. The molecule has 1 aromatic heterocycles. The van der Waals surface area contributed by atoms with Gasteiger partial charge in [0.2, 0.25) is 0 Å². The number of hydrogen-bond donors (Lipinski definition) is 2. The maximum Gasteiger partial charge on any atom is 0.416 e. The number of alkyl halides is 3. The lowest BCUT2D eigenvalue weighted by molar-refractivity contribution is -0.137. The largest absolute Gasteiger partial charge is 0.416 e. The van der Waals surface area contributed by atoms with Gasteiger partial charge in [-0.15, -0.1) is 0 Å². The van der Waals surface area contributed by atoms with Crippen molar-refractivity contribution in [3.05, 3.63) is 78.1 Å². The summed E-state index contributed by atoms with van der Waals surface area (Å²) in [5, 5.41) is 9.82. The SMILES string of the molecule is O=C(NCCCn1cccn1)c1ccccc1Nc1cccc(C(F)(F)F)c1. The van der Waals surface area contributed by atoms with E-state index in [1.165, 1.54) is 12.1 Å². The molecule has 0 unspecified atom stereocenters. The molecule has 0 aliphatic carbocycles. The number of rotatable bonds is 7. The van der Waals surface area contributed by atoms with Crippen LogP contribution in [0.25, 0.3) is 0 Å². The Bertz CT molecular complexity index is 923. The minimum absolute atomic E-state index is 0.258. The molecule has 1 heterocycles. The van der Waals surface area contributed by atoms with E-state index in [-0.39, 0.29) is 11.6 Å². The predicted octanol–water partition coefficient (Wildman–Crippen LogP) is 4.47. The molecule has 0 atom stereocenters. The Morgan fingerprint density at radius 3 is 2.64 bits per heavy atom. The van der Waals surface area contributed by atoms with Crippen molar-refractivity contribution in [1.82, 2.24) is 15.1 Å². The molecule has 0 saturated heterocycles. The molecule has 0 radical (unpaired) electrons. The molecule has 8 heteroatoms. The lowest BCUT2D eigenvalue weighted by Crippen LogP contribution is -2.26. The van der Waals surface area contributed by atoms with Gasteiger partial charge in [-0.3, -0.25) is 9.48 Å². The summed E-state index contributed by atoms with van der Waals surface area (Å²) in [7, 11) is 0. The third-order valence-corrected chi connectivity index (χ3v) is 4.05. The number of nitrogens with one attached hydrogen (secondary N) is 2. The van der Waals surface area contributed by atoms with Crippen molar-refractivity contribution in [2.75, 3.05) is 11.9 Å². The molecule has 2 N–H and O–H groups in total. The molecule has 0 bridgehead atoms. The van der Waals surface area contributed by atoms with E-state index in [0.29, 0.717) is 30.8 Å². The minimum atomic E-state index is -4.43. The van der Waals surface area contributed by atoms with Crippen molar-refractivity contribution >= 4 is 17.3 Å². The number of carbonyl (C=O) groups excluding carboxylic acids is 1. The summed E-state index contributed by atoms with van der Waals surface area (Å²) in [5.74, 6) is -0.296. The number of halogens is 3. The second-order valence-corrected chi connectivity index (χ2v) is 6.13. The molecule has 28 heavy (non-hydrogen) atoms. The Hall–Kier alpha value is -3.29. The van der Waals surface area contributed by atoms with Gasteiger partial charge in [-0.1, -0.05) is 18.2 Å². The molecule has 0 aliphatic rings. The Balaban J connectivity index is 1.64. The van der Waals surface area contributed by atoms with Gasteiger partial charge in [0.05, 0.1) is 16.8 Å². The van der Waals surface area contributed by atoms with Gasteiger partial charge in [-0.05, 0) is 42.8 Å². The standard InChI is InChI=1S/C20H19F3N4O/c21-20(22,23)15-6-3-7-16(14-15)26-18-9-2-1-8-17(18)19(28)24-10-4-12-27-13-5-11-25-27/h1-3,5-9,11,13-14,26H,4,10,12H2,(H,24,28).